The van der Waals surface area contributed by atoms with E-state index in [1.54, 1.807) is 6.92 Å². The molecule has 4 rings (SSSR count). The Kier molecular flexibility index (Phi) is 5.40. The molecule has 0 unspecified atom stereocenters. The van der Waals surface area contributed by atoms with Crippen LogP contribution in [-0.4, -0.2) is 20.9 Å². The predicted octanol–water partition coefficient (Wildman–Crippen LogP) is 5.09. The zero-order valence-electron chi connectivity index (χ0n) is 16.6. The van der Waals surface area contributed by atoms with E-state index >= 15 is 0 Å². The van der Waals surface area contributed by atoms with E-state index in [2.05, 4.69) is 36.3 Å². The molecule has 1 amide bonds. The Bertz CT molecular complexity index is 958. The van der Waals surface area contributed by atoms with Gasteiger partial charge < -0.3 is 4.90 Å². The number of para-hydroxylation sites is 1. The van der Waals surface area contributed by atoms with Gasteiger partial charge in [-0.15, -0.1) is 5.10 Å². The Labute approximate surface area is 160 Å². The van der Waals surface area contributed by atoms with Gasteiger partial charge in [-0.05, 0) is 25.5 Å². The number of benzene rings is 2. The third-order valence-corrected chi connectivity index (χ3v) is 4.61. The molecule has 0 bridgehead atoms. The molecular formula is C22H26N4O. The summed E-state index contributed by atoms with van der Waals surface area (Å²) in [6.07, 6.45) is 0. The van der Waals surface area contributed by atoms with Crippen LogP contribution in [0.3, 0.4) is 0 Å². The van der Waals surface area contributed by atoms with Gasteiger partial charge in [0.25, 0.3) is 0 Å². The molecule has 0 saturated carbocycles. The number of aromatic nitrogens is 3. The highest BCUT2D eigenvalue weighted by atomic mass is 16.2. The van der Waals surface area contributed by atoms with Crippen LogP contribution in [0.2, 0.25) is 0 Å². The second-order valence-electron chi connectivity index (χ2n) is 6.60. The summed E-state index contributed by atoms with van der Waals surface area (Å²) >= 11 is 0. The summed E-state index contributed by atoms with van der Waals surface area (Å²) in [6.45, 7) is 10.3. The molecule has 27 heavy (non-hydrogen) atoms. The molecule has 5 nitrogen and oxygen atoms in total. The predicted molar refractivity (Wildman–Crippen MR) is 109 cm³/mol. The van der Waals surface area contributed by atoms with E-state index in [1.807, 2.05) is 59.8 Å². The molecular weight excluding hydrogens is 336 g/mol. The highest BCUT2D eigenvalue weighted by Crippen LogP contribution is 2.41. The van der Waals surface area contributed by atoms with E-state index < -0.39 is 0 Å². The summed E-state index contributed by atoms with van der Waals surface area (Å²) in [6, 6.07) is 16.3. The average molecular weight is 362 g/mol. The molecule has 0 radical (unpaired) electrons. The summed E-state index contributed by atoms with van der Waals surface area (Å²) in [5.74, 6) is 0.0225. The minimum atomic E-state index is 0.0225. The lowest BCUT2D eigenvalue weighted by Gasteiger charge is -2.28. The number of amides is 1. The van der Waals surface area contributed by atoms with Crippen molar-refractivity contribution in [2.45, 2.75) is 47.2 Å². The van der Waals surface area contributed by atoms with Crippen LogP contribution in [0.4, 0.5) is 5.69 Å². The van der Waals surface area contributed by atoms with Gasteiger partial charge in [-0.2, -0.15) is 0 Å². The monoisotopic (exact) mass is 362 g/mol. The maximum Gasteiger partial charge on any atom is 0.224 e. The van der Waals surface area contributed by atoms with E-state index in [9.17, 15) is 4.79 Å². The van der Waals surface area contributed by atoms with Crippen molar-refractivity contribution >= 4 is 11.6 Å². The number of nitrogens with zero attached hydrogens (tertiary/aromatic N) is 4. The summed E-state index contributed by atoms with van der Waals surface area (Å²) in [5.41, 5.74) is 5.83. The fourth-order valence-electron chi connectivity index (χ4n) is 3.42. The van der Waals surface area contributed by atoms with Gasteiger partial charge >= 0.3 is 0 Å². The lowest BCUT2D eigenvalue weighted by molar-refractivity contribution is -0.116. The van der Waals surface area contributed by atoms with Gasteiger partial charge in [0.1, 0.15) is 5.69 Å². The number of carbonyl (C=O) groups excluding carboxylic acids is 1. The summed E-state index contributed by atoms with van der Waals surface area (Å²) in [4.78, 5) is 14.2. The molecule has 1 aliphatic rings. The fraction of sp³-hybridized carbons (Fsp3) is 0.318. The van der Waals surface area contributed by atoms with Crippen molar-refractivity contribution in [2.24, 2.45) is 0 Å². The van der Waals surface area contributed by atoms with Crippen molar-refractivity contribution in [3.63, 3.8) is 0 Å². The van der Waals surface area contributed by atoms with Crippen LogP contribution in [0.1, 0.15) is 46.2 Å². The molecule has 5 heteroatoms. The van der Waals surface area contributed by atoms with Gasteiger partial charge in [-0.3, -0.25) is 4.79 Å². The zero-order chi connectivity index (χ0) is 19.6. The van der Waals surface area contributed by atoms with E-state index in [4.69, 9.17) is 0 Å². The molecule has 0 N–H and O–H groups in total. The Morgan fingerprint density at radius 3 is 2.30 bits per heavy atom. The van der Waals surface area contributed by atoms with Crippen molar-refractivity contribution in [2.75, 3.05) is 4.90 Å². The van der Waals surface area contributed by atoms with Crippen LogP contribution < -0.4 is 4.90 Å². The van der Waals surface area contributed by atoms with E-state index in [1.165, 1.54) is 0 Å². The lowest BCUT2D eigenvalue weighted by atomic mass is 9.95. The first-order valence-corrected chi connectivity index (χ1v) is 9.49. The minimum Gasteiger partial charge on any atom is -0.308 e. The quantitative estimate of drug-likeness (QED) is 0.606. The maximum atomic E-state index is 12.4. The van der Waals surface area contributed by atoms with Gasteiger partial charge in [0.05, 0.1) is 17.9 Å². The summed E-state index contributed by atoms with van der Waals surface area (Å²) in [5, 5.41) is 8.91. The molecule has 0 fully saturated rings. The standard InChI is InChI=1S/C20H20N4O.C2H6/c1-13(2)24-20-17-10-6-7-11-18(17)23(14(3)25)12-15-8-4-5-9-16(15)19(20)21-22-24;1-2/h4-11,13H,12H2,1-3H3;1-2H3. The number of hydrogen-bond acceptors (Lipinski definition) is 3. The van der Waals surface area contributed by atoms with Crippen molar-refractivity contribution in [1.29, 1.82) is 0 Å². The Morgan fingerprint density at radius 1 is 1.00 bits per heavy atom. The number of anilines is 1. The summed E-state index contributed by atoms with van der Waals surface area (Å²) < 4.78 is 1.94. The molecule has 0 atom stereocenters. The van der Waals surface area contributed by atoms with Gasteiger partial charge in [0.15, 0.2) is 0 Å². The van der Waals surface area contributed by atoms with E-state index in [0.29, 0.717) is 6.54 Å². The first-order valence-electron chi connectivity index (χ1n) is 9.49. The normalized spacial score (nSPS) is 12.1. The van der Waals surface area contributed by atoms with Crippen molar-refractivity contribution < 1.29 is 4.79 Å². The van der Waals surface area contributed by atoms with Gasteiger partial charge in [0, 0.05) is 24.1 Å². The van der Waals surface area contributed by atoms with E-state index in [0.717, 1.165) is 33.8 Å². The highest BCUT2D eigenvalue weighted by Gasteiger charge is 2.28. The zero-order valence-corrected chi connectivity index (χ0v) is 16.6. The van der Waals surface area contributed by atoms with Crippen LogP contribution in [0.5, 0.6) is 0 Å². The number of fused-ring (bicyclic) bond motifs is 5. The molecule has 0 aliphatic carbocycles. The Hall–Kier alpha value is -2.95. The third-order valence-electron chi connectivity index (χ3n) is 4.61. The highest BCUT2D eigenvalue weighted by molar-refractivity contribution is 5.99. The molecule has 0 saturated heterocycles. The molecule has 140 valence electrons. The molecule has 0 spiro atoms. The first-order chi connectivity index (χ1) is 13.1. The van der Waals surface area contributed by atoms with Gasteiger partial charge in [0.2, 0.25) is 5.91 Å². The number of hydrogen-bond donors (Lipinski definition) is 0. The number of rotatable bonds is 1. The smallest absolute Gasteiger partial charge is 0.224 e. The van der Waals surface area contributed by atoms with Crippen LogP contribution in [0, 0.1) is 0 Å². The van der Waals surface area contributed by atoms with Gasteiger partial charge in [-0.1, -0.05) is 61.5 Å². The lowest BCUT2D eigenvalue weighted by Crippen LogP contribution is -2.29. The Balaban J connectivity index is 0.00000102. The van der Waals surface area contributed by atoms with Crippen molar-refractivity contribution in [1.82, 2.24) is 15.0 Å². The Morgan fingerprint density at radius 2 is 1.63 bits per heavy atom. The van der Waals surface area contributed by atoms with Crippen LogP contribution in [0.25, 0.3) is 22.5 Å². The van der Waals surface area contributed by atoms with Crippen LogP contribution in [0.15, 0.2) is 48.5 Å². The molecule has 1 aromatic heterocycles. The topological polar surface area (TPSA) is 51.0 Å². The number of carbonyl (C=O) groups is 1. The third kappa shape index (κ3) is 3.25. The minimum absolute atomic E-state index is 0.0225. The van der Waals surface area contributed by atoms with Gasteiger partial charge in [-0.25, -0.2) is 4.68 Å². The fourth-order valence-corrected chi connectivity index (χ4v) is 3.42. The van der Waals surface area contributed by atoms with Crippen molar-refractivity contribution in [3.05, 3.63) is 54.1 Å². The van der Waals surface area contributed by atoms with Crippen LogP contribution >= 0.6 is 0 Å². The average Bonchev–Trinajstić information content (AvgIpc) is 3.11. The second-order valence-corrected chi connectivity index (χ2v) is 6.60. The molecule has 2 heterocycles. The van der Waals surface area contributed by atoms with Crippen LogP contribution in [-0.2, 0) is 11.3 Å². The second kappa shape index (κ2) is 7.74. The van der Waals surface area contributed by atoms with Crippen molar-refractivity contribution in [3.8, 4) is 22.5 Å². The summed E-state index contributed by atoms with van der Waals surface area (Å²) in [7, 11) is 0. The largest absolute Gasteiger partial charge is 0.308 e. The first kappa shape index (κ1) is 18.8. The molecule has 2 aromatic carbocycles. The maximum absolute atomic E-state index is 12.4. The molecule has 1 aliphatic heterocycles. The SMILES string of the molecule is CC.CC(=O)N1Cc2ccccc2-c2nnn(C(C)C)c2-c2ccccc21. The van der Waals surface area contributed by atoms with E-state index in [-0.39, 0.29) is 11.9 Å². The molecule has 3 aromatic rings.